The number of fused-ring (bicyclic) bond motifs is 1. The summed E-state index contributed by atoms with van der Waals surface area (Å²) >= 11 is 0. The van der Waals surface area contributed by atoms with Gasteiger partial charge in [0.1, 0.15) is 18.9 Å². The maximum atomic E-state index is 12.8. The molecule has 6 nitrogen and oxygen atoms in total. The molecule has 27 heavy (non-hydrogen) atoms. The number of hydrogen-bond donors (Lipinski definition) is 1. The first-order valence-electron chi connectivity index (χ1n) is 8.44. The SMILES string of the molecule is CS(=O)c1cccc(NC(=O)c2cccn2-c2ccc3c(c2)OCCO3)c1. The van der Waals surface area contributed by atoms with E-state index in [0.717, 1.165) is 5.69 Å². The van der Waals surface area contributed by atoms with E-state index >= 15 is 0 Å². The molecule has 138 valence electrons. The first-order chi connectivity index (χ1) is 13.1. The molecular weight excluding hydrogens is 364 g/mol. The Hall–Kier alpha value is -3.06. The van der Waals surface area contributed by atoms with Crippen LogP contribution in [0.2, 0.25) is 0 Å². The summed E-state index contributed by atoms with van der Waals surface area (Å²) in [6.07, 6.45) is 3.42. The molecular formula is C20H18N2O4S. The summed E-state index contributed by atoms with van der Waals surface area (Å²) in [4.78, 5) is 13.4. The van der Waals surface area contributed by atoms with Crippen molar-refractivity contribution in [3.8, 4) is 17.2 Å². The zero-order chi connectivity index (χ0) is 18.8. The number of hydrogen-bond acceptors (Lipinski definition) is 4. The fourth-order valence-electron chi connectivity index (χ4n) is 2.92. The lowest BCUT2D eigenvalue weighted by molar-refractivity contribution is 0.102. The third-order valence-corrected chi connectivity index (χ3v) is 5.13. The van der Waals surface area contributed by atoms with Gasteiger partial charge in [-0.2, -0.15) is 0 Å². The molecule has 0 saturated heterocycles. The predicted octanol–water partition coefficient (Wildman–Crippen LogP) is 3.24. The molecule has 1 N–H and O–H groups in total. The Morgan fingerprint density at radius 1 is 1.04 bits per heavy atom. The number of aromatic nitrogens is 1. The highest BCUT2D eigenvalue weighted by Crippen LogP contribution is 2.32. The van der Waals surface area contributed by atoms with Crippen LogP contribution in [-0.2, 0) is 10.8 Å². The minimum Gasteiger partial charge on any atom is -0.486 e. The van der Waals surface area contributed by atoms with Gasteiger partial charge in [-0.1, -0.05) is 6.07 Å². The average Bonchev–Trinajstić information content (AvgIpc) is 3.18. The van der Waals surface area contributed by atoms with Gasteiger partial charge in [0.05, 0.1) is 0 Å². The van der Waals surface area contributed by atoms with Crippen molar-refractivity contribution in [1.29, 1.82) is 0 Å². The zero-order valence-electron chi connectivity index (χ0n) is 14.7. The van der Waals surface area contributed by atoms with Gasteiger partial charge < -0.3 is 19.4 Å². The lowest BCUT2D eigenvalue weighted by Gasteiger charge is -2.19. The molecule has 2 heterocycles. The van der Waals surface area contributed by atoms with Gasteiger partial charge in [-0.25, -0.2) is 0 Å². The zero-order valence-corrected chi connectivity index (χ0v) is 15.5. The molecule has 4 rings (SSSR count). The highest BCUT2D eigenvalue weighted by molar-refractivity contribution is 7.84. The Balaban J connectivity index is 1.61. The van der Waals surface area contributed by atoms with Crippen LogP contribution in [0, 0.1) is 0 Å². The molecule has 1 aliphatic heterocycles. The van der Waals surface area contributed by atoms with Crippen molar-refractivity contribution in [1.82, 2.24) is 4.57 Å². The maximum absolute atomic E-state index is 12.8. The second kappa shape index (κ2) is 7.28. The van der Waals surface area contributed by atoms with E-state index < -0.39 is 10.8 Å². The highest BCUT2D eigenvalue weighted by Gasteiger charge is 2.16. The quantitative estimate of drug-likeness (QED) is 0.752. The van der Waals surface area contributed by atoms with Crippen LogP contribution >= 0.6 is 0 Å². The van der Waals surface area contributed by atoms with Gasteiger partial charge in [-0.15, -0.1) is 0 Å². The van der Waals surface area contributed by atoms with Crippen molar-refractivity contribution in [2.45, 2.75) is 4.90 Å². The average molecular weight is 382 g/mol. The van der Waals surface area contributed by atoms with Crippen LogP contribution in [0.15, 0.2) is 65.7 Å². The van der Waals surface area contributed by atoms with Gasteiger partial charge in [0.25, 0.3) is 5.91 Å². The van der Waals surface area contributed by atoms with Crippen LogP contribution in [-0.4, -0.2) is 34.2 Å². The predicted molar refractivity (Wildman–Crippen MR) is 103 cm³/mol. The van der Waals surface area contributed by atoms with Crippen molar-refractivity contribution in [2.24, 2.45) is 0 Å². The third kappa shape index (κ3) is 3.59. The maximum Gasteiger partial charge on any atom is 0.272 e. The van der Waals surface area contributed by atoms with Gasteiger partial charge in [0.15, 0.2) is 11.5 Å². The first kappa shape index (κ1) is 17.4. The monoisotopic (exact) mass is 382 g/mol. The number of carbonyl (C=O) groups excluding carboxylic acids is 1. The minimum absolute atomic E-state index is 0.256. The van der Waals surface area contributed by atoms with E-state index in [9.17, 15) is 9.00 Å². The number of nitrogens with one attached hydrogen (secondary N) is 1. The number of ether oxygens (including phenoxy) is 2. The summed E-state index contributed by atoms with van der Waals surface area (Å²) < 4.78 is 24.6. The smallest absolute Gasteiger partial charge is 0.272 e. The summed E-state index contributed by atoms with van der Waals surface area (Å²) in [6.45, 7) is 1.04. The van der Waals surface area contributed by atoms with Crippen LogP contribution in [0.25, 0.3) is 5.69 Å². The number of anilines is 1. The van der Waals surface area contributed by atoms with E-state index in [1.165, 1.54) is 0 Å². The van der Waals surface area contributed by atoms with E-state index in [1.807, 2.05) is 30.5 Å². The van der Waals surface area contributed by atoms with E-state index in [0.29, 0.717) is 41.0 Å². The fraction of sp³-hybridized carbons (Fsp3) is 0.150. The van der Waals surface area contributed by atoms with Crippen LogP contribution < -0.4 is 14.8 Å². The molecule has 2 aromatic carbocycles. The number of carbonyl (C=O) groups is 1. The molecule has 0 spiro atoms. The number of amides is 1. The molecule has 1 amide bonds. The van der Waals surface area contributed by atoms with Gasteiger partial charge in [0, 0.05) is 45.6 Å². The van der Waals surface area contributed by atoms with Crippen molar-refractivity contribution in [3.05, 3.63) is 66.5 Å². The summed E-state index contributed by atoms with van der Waals surface area (Å²) in [5.41, 5.74) is 1.88. The Labute approximate surface area is 159 Å². The second-order valence-electron chi connectivity index (χ2n) is 6.03. The topological polar surface area (TPSA) is 69.6 Å². The molecule has 0 radical (unpaired) electrons. The number of benzene rings is 2. The van der Waals surface area contributed by atoms with Crippen LogP contribution in [0.5, 0.6) is 11.5 Å². The first-order valence-corrected chi connectivity index (χ1v) is 10.00. The van der Waals surface area contributed by atoms with Crippen LogP contribution in [0.4, 0.5) is 5.69 Å². The lowest BCUT2D eigenvalue weighted by Crippen LogP contribution is -2.17. The highest BCUT2D eigenvalue weighted by atomic mass is 32.2. The molecule has 3 aromatic rings. The summed E-state index contributed by atoms with van der Waals surface area (Å²) in [6, 6.07) is 16.1. The summed E-state index contributed by atoms with van der Waals surface area (Å²) in [5.74, 6) is 1.11. The van der Waals surface area contributed by atoms with E-state index in [1.54, 1.807) is 41.2 Å². The van der Waals surface area contributed by atoms with Crippen molar-refractivity contribution in [2.75, 3.05) is 24.8 Å². The van der Waals surface area contributed by atoms with Crippen LogP contribution in [0.1, 0.15) is 10.5 Å². The minimum atomic E-state index is -1.11. The van der Waals surface area contributed by atoms with Gasteiger partial charge >= 0.3 is 0 Å². The standard InChI is InChI=1S/C20H18N2O4S/c1-27(24)16-5-2-4-14(12-16)21-20(23)17-6-3-9-22(17)15-7-8-18-19(13-15)26-11-10-25-18/h2-9,12-13H,10-11H2,1H3,(H,21,23). The van der Waals surface area contributed by atoms with E-state index in [2.05, 4.69) is 5.32 Å². The van der Waals surface area contributed by atoms with E-state index in [-0.39, 0.29) is 5.91 Å². The fourth-order valence-corrected chi connectivity index (χ4v) is 3.48. The summed E-state index contributed by atoms with van der Waals surface area (Å²) in [5, 5.41) is 2.86. The van der Waals surface area contributed by atoms with Crippen molar-refractivity contribution in [3.63, 3.8) is 0 Å². The Kier molecular flexibility index (Phi) is 4.68. The normalized spacial score (nSPS) is 13.8. The largest absolute Gasteiger partial charge is 0.486 e. The molecule has 1 aromatic heterocycles. The van der Waals surface area contributed by atoms with Crippen molar-refractivity contribution < 1.29 is 18.5 Å². The molecule has 1 atom stereocenters. The molecule has 0 bridgehead atoms. The Bertz CT molecular complexity index is 1030. The van der Waals surface area contributed by atoms with Gasteiger partial charge in [-0.05, 0) is 42.5 Å². The molecule has 1 unspecified atom stereocenters. The second-order valence-corrected chi connectivity index (χ2v) is 7.41. The molecule has 1 aliphatic rings. The molecule has 7 heteroatoms. The Morgan fingerprint density at radius 3 is 2.67 bits per heavy atom. The van der Waals surface area contributed by atoms with E-state index in [4.69, 9.17) is 9.47 Å². The van der Waals surface area contributed by atoms with Crippen molar-refractivity contribution >= 4 is 22.4 Å². The van der Waals surface area contributed by atoms with Crippen LogP contribution in [0.3, 0.4) is 0 Å². The molecule has 0 fully saturated rings. The lowest BCUT2D eigenvalue weighted by atomic mass is 10.2. The molecule has 0 aliphatic carbocycles. The third-order valence-electron chi connectivity index (χ3n) is 4.21. The Morgan fingerprint density at radius 2 is 1.85 bits per heavy atom. The summed E-state index contributed by atoms with van der Waals surface area (Å²) in [7, 11) is -1.11. The van der Waals surface area contributed by atoms with Gasteiger partial charge in [0.2, 0.25) is 0 Å². The number of rotatable bonds is 4. The molecule has 0 saturated carbocycles. The number of nitrogens with zero attached hydrogens (tertiary/aromatic N) is 1. The van der Waals surface area contributed by atoms with Gasteiger partial charge in [-0.3, -0.25) is 9.00 Å².